The van der Waals surface area contributed by atoms with Crippen molar-refractivity contribution in [1.29, 1.82) is 0 Å². The molecule has 0 saturated heterocycles. The minimum atomic E-state index is -0.0562. The molecular weight excluding hydrogens is 276 g/mol. The Morgan fingerprint density at radius 1 is 1.32 bits per heavy atom. The average Bonchev–Trinajstić information content (AvgIpc) is 3.20. The van der Waals surface area contributed by atoms with Crippen LogP contribution < -0.4 is 5.32 Å². The minimum Gasteiger partial charge on any atom is -0.357 e. The van der Waals surface area contributed by atoms with Crippen molar-refractivity contribution in [3.05, 3.63) is 42.5 Å². The second-order valence-corrected chi connectivity index (χ2v) is 5.39. The van der Waals surface area contributed by atoms with E-state index < -0.39 is 0 Å². The number of aromatic nitrogens is 3. The normalized spacial score (nSPS) is 11.2. The number of hydrogen-bond donors (Lipinski definition) is 3. The molecule has 0 aliphatic carbocycles. The molecule has 0 aliphatic heterocycles. The molecule has 0 unspecified atom stereocenters. The third-order valence-electron chi connectivity index (χ3n) is 4.02. The molecule has 1 amide bonds. The predicted molar refractivity (Wildman–Crippen MR) is 91.9 cm³/mol. The number of carbonyl (C=O) groups excluding carboxylic acids is 1. The van der Waals surface area contributed by atoms with Crippen LogP contribution in [0.3, 0.4) is 0 Å². The number of amides is 1. The molecule has 3 N–H and O–H groups in total. The number of aromatic amines is 2. The zero-order chi connectivity index (χ0) is 15.5. The molecule has 3 aromatic rings. The third-order valence-corrected chi connectivity index (χ3v) is 4.02. The number of rotatable bonds is 5. The van der Waals surface area contributed by atoms with Gasteiger partial charge in [-0.05, 0) is 36.6 Å². The van der Waals surface area contributed by atoms with Crippen LogP contribution in [0.15, 0.2) is 36.8 Å². The lowest BCUT2D eigenvalue weighted by molar-refractivity contribution is 0.0930. The molecule has 0 fully saturated rings. The highest BCUT2D eigenvalue weighted by molar-refractivity contribution is 5.97. The van der Waals surface area contributed by atoms with Crippen LogP contribution in [0, 0.1) is 0 Å². The first-order valence-electron chi connectivity index (χ1n) is 7.64. The summed E-state index contributed by atoms with van der Waals surface area (Å²) in [6.07, 6.45) is 7.37. The van der Waals surface area contributed by atoms with E-state index in [0.29, 0.717) is 5.69 Å². The summed E-state index contributed by atoms with van der Waals surface area (Å²) in [4.78, 5) is 22.7. The number of pyridine rings is 1. The van der Waals surface area contributed by atoms with E-state index in [1.807, 2.05) is 30.6 Å². The van der Waals surface area contributed by atoms with E-state index >= 15 is 0 Å². The molecule has 5 nitrogen and oxygen atoms in total. The van der Waals surface area contributed by atoms with Gasteiger partial charge in [0.25, 0.3) is 5.91 Å². The first-order valence-corrected chi connectivity index (χ1v) is 7.64. The summed E-state index contributed by atoms with van der Waals surface area (Å²) in [5, 5.41) is 4.09. The molecule has 0 aromatic carbocycles. The van der Waals surface area contributed by atoms with Gasteiger partial charge in [0.2, 0.25) is 0 Å². The van der Waals surface area contributed by atoms with Crippen LogP contribution in [0.2, 0.25) is 0 Å². The monoisotopic (exact) mass is 300 g/mol. The standard InChI is InChI=1S/C17H20N4O.2H2/c1-3-12(4-2)21-17(22)15-9-11(10-20-15)13-5-7-18-16-14(13)6-8-19-16;;/h5-10,12,20H,3-4H2,1-2H3,(H,18,19)(H,21,22);2*1H. The first kappa shape index (κ1) is 14.4. The zero-order valence-electron chi connectivity index (χ0n) is 12.8. The van der Waals surface area contributed by atoms with Gasteiger partial charge in [-0.25, -0.2) is 4.98 Å². The maximum absolute atomic E-state index is 12.3. The number of nitrogens with one attached hydrogen (secondary N) is 3. The summed E-state index contributed by atoms with van der Waals surface area (Å²) in [5.41, 5.74) is 3.48. The Kier molecular flexibility index (Phi) is 3.96. The van der Waals surface area contributed by atoms with Gasteiger partial charge in [0, 0.05) is 38.4 Å². The van der Waals surface area contributed by atoms with Gasteiger partial charge in [-0.3, -0.25) is 4.79 Å². The highest BCUT2D eigenvalue weighted by Gasteiger charge is 2.14. The van der Waals surface area contributed by atoms with Crippen molar-refractivity contribution in [3.63, 3.8) is 0 Å². The molecular formula is C17H24N4O. The number of carbonyl (C=O) groups is 1. The summed E-state index contributed by atoms with van der Waals surface area (Å²) in [5.74, 6) is -0.0562. The Labute approximate surface area is 132 Å². The third kappa shape index (κ3) is 2.62. The lowest BCUT2D eigenvalue weighted by atomic mass is 10.1. The lowest BCUT2D eigenvalue weighted by Crippen LogP contribution is -2.33. The van der Waals surface area contributed by atoms with Gasteiger partial charge in [-0.2, -0.15) is 0 Å². The van der Waals surface area contributed by atoms with E-state index in [4.69, 9.17) is 0 Å². The molecule has 0 spiro atoms. The fourth-order valence-corrected chi connectivity index (χ4v) is 2.65. The van der Waals surface area contributed by atoms with E-state index in [9.17, 15) is 4.79 Å². The average molecular weight is 300 g/mol. The van der Waals surface area contributed by atoms with Crippen molar-refractivity contribution in [2.75, 3.05) is 0 Å². The Morgan fingerprint density at radius 3 is 2.91 bits per heavy atom. The Hall–Kier alpha value is -2.56. The molecule has 118 valence electrons. The summed E-state index contributed by atoms with van der Waals surface area (Å²) >= 11 is 0. The summed E-state index contributed by atoms with van der Waals surface area (Å²) in [7, 11) is 0. The maximum Gasteiger partial charge on any atom is 0.267 e. The lowest BCUT2D eigenvalue weighted by Gasteiger charge is -2.13. The van der Waals surface area contributed by atoms with Crippen molar-refractivity contribution < 1.29 is 7.65 Å². The highest BCUT2D eigenvalue weighted by atomic mass is 16.1. The second kappa shape index (κ2) is 6.05. The van der Waals surface area contributed by atoms with Crippen LogP contribution in [0.25, 0.3) is 22.2 Å². The van der Waals surface area contributed by atoms with E-state index in [0.717, 1.165) is 35.0 Å². The van der Waals surface area contributed by atoms with Crippen molar-refractivity contribution in [1.82, 2.24) is 20.3 Å². The number of H-pyrrole nitrogens is 2. The molecule has 5 heteroatoms. The van der Waals surface area contributed by atoms with E-state index in [1.165, 1.54) is 0 Å². The molecule has 0 bridgehead atoms. The number of hydrogen-bond acceptors (Lipinski definition) is 2. The molecule has 3 rings (SSSR count). The molecule has 3 aromatic heterocycles. The van der Waals surface area contributed by atoms with Gasteiger partial charge < -0.3 is 15.3 Å². The van der Waals surface area contributed by atoms with Gasteiger partial charge in [-0.1, -0.05) is 13.8 Å². The van der Waals surface area contributed by atoms with Gasteiger partial charge in [0.15, 0.2) is 0 Å². The van der Waals surface area contributed by atoms with Crippen molar-refractivity contribution in [3.8, 4) is 11.1 Å². The van der Waals surface area contributed by atoms with Gasteiger partial charge in [0.05, 0.1) is 0 Å². The van der Waals surface area contributed by atoms with Crippen LogP contribution in [-0.4, -0.2) is 26.9 Å². The molecule has 0 saturated carbocycles. The van der Waals surface area contributed by atoms with Crippen LogP contribution in [0.1, 0.15) is 40.0 Å². The van der Waals surface area contributed by atoms with Crippen molar-refractivity contribution in [2.24, 2.45) is 0 Å². The molecule has 0 aliphatic rings. The van der Waals surface area contributed by atoms with E-state index in [2.05, 4.69) is 34.1 Å². The first-order chi connectivity index (χ1) is 10.7. The van der Waals surface area contributed by atoms with Gasteiger partial charge in [-0.15, -0.1) is 0 Å². The quantitative estimate of drug-likeness (QED) is 0.667. The number of fused-ring (bicyclic) bond motifs is 1. The Balaban J connectivity index is 0.00000144. The van der Waals surface area contributed by atoms with Gasteiger partial charge in [0.1, 0.15) is 11.3 Å². The van der Waals surface area contributed by atoms with Crippen LogP contribution in [0.5, 0.6) is 0 Å². The Morgan fingerprint density at radius 2 is 2.14 bits per heavy atom. The SMILES string of the molecule is CCC(CC)NC(=O)c1cc(-c2ccnc3[nH]ccc23)c[nH]1.[HH].[HH]. The van der Waals surface area contributed by atoms with Crippen molar-refractivity contribution in [2.45, 2.75) is 32.7 Å². The second-order valence-electron chi connectivity index (χ2n) is 5.39. The van der Waals surface area contributed by atoms with E-state index in [1.54, 1.807) is 6.20 Å². The summed E-state index contributed by atoms with van der Waals surface area (Å²) < 4.78 is 0. The predicted octanol–water partition coefficient (Wildman–Crippen LogP) is 3.97. The maximum atomic E-state index is 12.3. The summed E-state index contributed by atoms with van der Waals surface area (Å²) in [6.45, 7) is 4.16. The summed E-state index contributed by atoms with van der Waals surface area (Å²) in [6, 6.07) is 6.06. The van der Waals surface area contributed by atoms with Crippen molar-refractivity contribution >= 4 is 16.9 Å². The smallest absolute Gasteiger partial charge is 0.267 e. The topological polar surface area (TPSA) is 73.6 Å². The fraction of sp³-hybridized carbons (Fsp3) is 0.294. The minimum absolute atomic E-state index is 0. The number of nitrogens with zero attached hydrogens (tertiary/aromatic N) is 1. The molecule has 0 atom stereocenters. The zero-order valence-corrected chi connectivity index (χ0v) is 12.8. The van der Waals surface area contributed by atoms with Crippen LogP contribution in [0.4, 0.5) is 0 Å². The molecule has 0 radical (unpaired) electrons. The molecule has 3 heterocycles. The van der Waals surface area contributed by atoms with E-state index in [-0.39, 0.29) is 14.8 Å². The fourth-order valence-electron chi connectivity index (χ4n) is 2.65. The van der Waals surface area contributed by atoms with Gasteiger partial charge >= 0.3 is 0 Å². The van der Waals surface area contributed by atoms with Crippen LogP contribution >= 0.6 is 0 Å². The van der Waals surface area contributed by atoms with Crippen LogP contribution in [-0.2, 0) is 0 Å². The molecule has 22 heavy (non-hydrogen) atoms. The Bertz CT molecular complexity index is 793. The largest absolute Gasteiger partial charge is 0.357 e. The highest BCUT2D eigenvalue weighted by Crippen LogP contribution is 2.27.